The highest BCUT2D eigenvalue weighted by Crippen LogP contribution is 2.41. The van der Waals surface area contributed by atoms with Crippen molar-refractivity contribution in [1.82, 2.24) is 20.4 Å². The van der Waals surface area contributed by atoms with Gasteiger partial charge >= 0.3 is 6.03 Å². The fourth-order valence-corrected chi connectivity index (χ4v) is 3.26. The highest BCUT2D eigenvalue weighted by atomic mass is 32.1. The highest BCUT2D eigenvalue weighted by Gasteiger charge is 2.35. The van der Waals surface area contributed by atoms with Crippen molar-refractivity contribution in [2.75, 3.05) is 7.05 Å². The van der Waals surface area contributed by atoms with Crippen molar-refractivity contribution < 1.29 is 9.32 Å². The number of aromatic nitrogens is 2. The summed E-state index contributed by atoms with van der Waals surface area (Å²) in [5.41, 5.74) is 1.80. The van der Waals surface area contributed by atoms with Crippen LogP contribution in [0.2, 0.25) is 0 Å². The third-order valence-electron chi connectivity index (χ3n) is 4.01. The standard InChI is InChI=1S/C15H20N4O2S/c1-9-12(10(2)21-18-9)8-19(3)15(20)17-13(11-4-5-11)14-16-6-7-22-14/h6-7,11,13H,4-5,8H2,1-3H3,(H,17,20). The molecule has 1 saturated carbocycles. The average molecular weight is 320 g/mol. The van der Waals surface area contributed by atoms with Crippen LogP contribution in [-0.4, -0.2) is 28.1 Å². The van der Waals surface area contributed by atoms with Crippen molar-refractivity contribution in [3.05, 3.63) is 33.6 Å². The van der Waals surface area contributed by atoms with Crippen LogP contribution in [0, 0.1) is 19.8 Å². The first-order chi connectivity index (χ1) is 10.6. The summed E-state index contributed by atoms with van der Waals surface area (Å²) < 4.78 is 5.15. The minimum atomic E-state index is -0.0906. The molecule has 1 aliphatic rings. The van der Waals surface area contributed by atoms with Crippen LogP contribution >= 0.6 is 11.3 Å². The van der Waals surface area contributed by atoms with Crippen LogP contribution in [-0.2, 0) is 6.54 Å². The van der Waals surface area contributed by atoms with E-state index in [2.05, 4.69) is 15.5 Å². The quantitative estimate of drug-likeness (QED) is 0.919. The van der Waals surface area contributed by atoms with E-state index >= 15 is 0 Å². The number of aryl methyl sites for hydroxylation is 2. The van der Waals surface area contributed by atoms with Gasteiger partial charge in [0.15, 0.2) is 0 Å². The lowest BCUT2D eigenvalue weighted by molar-refractivity contribution is 0.200. The van der Waals surface area contributed by atoms with Crippen LogP contribution in [0.15, 0.2) is 16.1 Å². The summed E-state index contributed by atoms with van der Waals surface area (Å²) in [6, 6.07) is -0.0632. The molecule has 0 radical (unpaired) electrons. The predicted octanol–water partition coefficient (Wildman–Crippen LogP) is 3.04. The van der Waals surface area contributed by atoms with Crippen molar-refractivity contribution in [2.24, 2.45) is 5.92 Å². The summed E-state index contributed by atoms with van der Waals surface area (Å²) in [7, 11) is 1.78. The Kier molecular flexibility index (Phi) is 4.15. The molecular weight excluding hydrogens is 300 g/mol. The minimum Gasteiger partial charge on any atom is -0.361 e. The normalized spacial score (nSPS) is 15.6. The summed E-state index contributed by atoms with van der Waals surface area (Å²) in [4.78, 5) is 18.5. The van der Waals surface area contributed by atoms with E-state index in [1.54, 1.807) is 29.5 Å². The second-order valence-corrected chi connectivity index (χ2v) is 6.72. The monoisotopic (exact) mass is 320 g/mol. The van der Waals surface area contributed by atoms with E-state index in [4.69, 9.17) is 4.52 Å². The molecule has 1 atom stereocenters. The van der Waals surface area contributed by atoms with E-state index in [9.17, 15) is 4.79 Å². The number of carbonyl (C=O) groups is 1. The number of urea groups is 1. The summed E-state index contributed by atoms with van der Waals surface area (Å²) in [6.45, 7) is 4.24. The molecule has 1 fully saturated rings. The first-order valence-corrected chi connectivity index (χ1v) is 8.27. The lowest BCUT2D eigenvalue weighted by atomic mass is 10.2. The molecular formula is C15H20N4O2S. The molecule has 22 heavy (non-hydrogen) atoms. The maximum Gasteiger partial charge on any atom is 0.318 e. The van der Waals surface area contributed by atoms with E-state index in [-0.39, 0.29) is 12.1 Å². The lowest BCUT2D eigenvalue weighted by Gasteiger charge is -2.22. The van der Waals surface area contributed by atoms with Crippen LogP contribution in [0.3, 0.4) is 0 Å². The number of thiazole rings is 1. The largest absolute Gasteiger partial charge is 0.361 e. The Hall–Kier alpha value is -1.89. The molecule has 2 amide bonds. The van der Waals surface area contributed by atoms with Gasteiger partial charge in [0.25, 0.3) is 0 Å². The zero-order valence-corrected chi connectivity index (χ0v) is 13.8. The van der Waals surface area contributed by atoms with Gasteiger partial charge in [0.1, 0.15) is 10.8 Å². The number of carbonyl (C=O) groups excluding carboxylic acids is 1. The summed E-state index contributed by atoms with van der Waals surface area (Å²) >= 11 is 1.59. The van der Waals surface area contributed by atoms with Crippen LogP contribution in [0.5, 0.6) is 0 Å². The SMILES string of the molecule is Cc1noc(C)c1CN(C)C(=O)NC(c1nccs1)C1CC1. The van der Waals surface area contributed by atoms with Crippen molar-refractivity contribution in [3.8, 4) is 0 Å². The van der Waals surface area contributed by atoms with E-state index in [0.717, 1.165) is 34.9 Å². The molecule has 0 aliphatic heterocycles. The predicted molar refractivity (Wildman–Crippen MR) is 83.6 cm³/mol. The smallest absolute Gasteiger partial charge is 0.318 e. The van der Waals surface area contributed by atoms with Crippen molar-refractivity contribution in [2.45, 2.75) is 39.3 Å². The number of hydrogen-bond donors (Lipinski definition) is 1. The van der Waals surface area contributed by atoms with Gasteiger partial charge in [-0.05, 0) is 32.6 Å². The van der Waals surface area contributed by atoms with Crippen LogP contribution < -0.4 is 5.32 Å². The first-order valence-electron chi connectivity index (χ1n) is 7.39. The van der Waals surface area contributed by atoms with Gasteiger partial charge in [-0.25, -0.2) is 9.78 Å². The molecule has 7 heteroatoms. The Morgan fingerprint density at radius 3 is 2.86 bits per heavy atom. The molecule has 0 aromatic carbocycles. The van der Waals surface area contributed by atoms with Gasteiger partial charge in [-0.1, -0.05) is 5.16 Å². The maximum absolute atomic E-state index is 12.5. The van der Waals surface area contributed by atoms with Gasteiger partial charge in [-0.15, -0.1) is 11.3 Å². The van der Waals surface area contributed by atoms with Gasteiger partial charge in [-0.2, -0.15) is 0 Å². The molecule has 2 aromatic rings. The zero-order valence-electron chi connectivity index (χ0n) is 13.0. The summed E-state index contributed by atoms with van der Waals surface area (Å²) in [5.74, 6) is 1.28. The van der Waals surface area contributed by atoms with E-state index in [1.165, 1.54) is 0 Å². The lowest BCUT2D eigenvalue weighted by Crippen LogP contribution is -2.39. The van der Waals surface area contributed by atoms with Crippen molar-refractivity contribution >= 4 is 17.4 Å². The zero-order chi connectivity index (χ0) is 15.7. The fourth-order valence-electron chi connectivity index (χ4n) is 2.48. The van der Waals surface area contributed by atoms with Crippen LogP contribution in [0.4, 0.5) is 4.79 Å². The van der Waals surface area contributed by atoms with E-state index in [0.29, 0.717) is 12.5 Å². The topological polar surface area (TPSA) is 71.3 Å². The minimum absolute atomic E-state index is 0.0274. The number of rotatable bonds is 5. The Bertz CT molecular complexity index is 629. The number of hydrogen-bond acceptors (Lipinski definition) is 5. The first kappa shape index (κ1) is 15.0. The van der Waals surface area contributed by atoms with Gasteiger partial charge in [0, 0.05) is 24.2 Å². The molecule has 118 valence electrons. The van der Waals surface area contributed by atoms with Gasteiger partial charge in [0.2, 0.25) is 0 Å². The van der Waals surface area contributed by atoms with Crippen LogP contribution in [0.1, 0.15) is 40.9 Å². The number of nitrogens with one attached hydrogen (secondary N) is 1. The molecule has 2 aromatic heterocycles. The molecule has 3 rings (SSSR count). The molecule has 0 spiro atoms. The van der Waals surface area contributed by atoms with Crippen LogP contribution in [0.25, 0.3) is 0 Å². The van der Waals surface area contributed by atoms with Gasteiger partial charge in [0.05, 0.1) is 18.3 Å². The molecule has 0 saturated heterocycles. The Morgan fingerprint density at radius 2 is 2.32 bits per heavy atom. The third-order valence-corrected chi connectivity index (χ3v) is 4.87. The Balaban J connectivity index is 1.65. The van der Waals surface area contributed by atoms with E-state index in [1.807, 2.05) is 19.2 Å². The van der Waals surface area contributed by atoms with E-state index < -0.39 is 0 Å². The summed E-state index contributed by atoms with van der Waals surface area (Å²) in [5, 5.41) is 9.98. The molecule has 0 bridgehead atoms. The van der Waals surface area contributed by atoms with Gasteiger partial charge < -0.3 is 14.7 Å². The van der Waals surface area contributed by atoms with Crippen molar-refractivity contribution in [3.63, 3.8) is 0 Å². The van der Waals surface area contributed by atoms with Gasteiger partial charge in [-0.3, -0.25) is 0 Å². The van der Waals surface area contributed by atoms with Crippen molar-refractivity contribution in [1.29, 1.82) is 0 Å². The molecule has 1 aliphatic carbocycles. The number of nitrogens with zero attached hydrogens (tertiary/aromatic N) is 3. The molecule has 1 N–H and O–H groups in total. The maximum atomic E-state index is 12.5. The Morgan fingerprint density at radius 1 is 1.55 bits per heavy atom. The fraction of sp³-hybridized carbons (Fsp3) is 0.533. The number of amides is 2. The highest BCUT2D eigenvalue weighted by molar-refractivity contribution is 7.09. The molecule has 6 nitrogen and oxygen atoms in total. The third kappa shape index (κ3) is 3.14. The average Bonchev–Trinajstić information content (AvgIpc) is 3.11. The summed E-state index contributed by atoms with van der Waals surface area (Å²) in [6.07, 6.45) is 4.09. The second kappa shape index (κ2) is 6.08. The second-order valence-electron chi connectivity index (χ2n) is 5.79. The molecule has 2 heterocycles. The Labute approximate surface area is 133 Å². The molecule has 1 unspecified atom stereocenters.